The zero-order chi connectivity index (χ0) is 23.7. The van der Waals surface area contributed by atoms with Gasteiger partial charge in [0.1, 0.15) is 23.0 Å². The molecule has 0 aromatic heterocycles. The van der Waals surface area contributed by atoms with Crippen LogP contribution in [0.4, 0.5) is 0 Å². The molecule has 0 fully saturated rings. The molecule has 3 aromatic carbocycles. The van der Waals surface area contributed by atoms with Crippen molar-refractivity contribution in [2.24, 2.45) is 5.92 Å². The van der Waals surface area contributed by atoms with Gasteiger partial charge in [-0.15, -0.1) is 0 Å². The van der Waals surface area contributed by atoms with Crippen molar-refractivity contribution in [3.8, 4) is 29.1 Å². The Bertz CT molecular complexity index is 1310. The normalized spacial score (nSPS) is 17.0. The number of phenolic OH excluding ortho intramolecular Hbond substituents is 1. The van der Waals surface area contributed by atoms with Crippen LogP contribution in [0.1, 0.15) is 34.3 Å². The highest BCUT2D eigenvalue weighted by molar-refractivity contribution is 6.02. The summed E-state index contributed by atoms with van der Waals surface area (Å²) in [6.45, 7) is 1.87. The van der Waals surface area contributed by atoms with Crippen molar-refractivity contribution in [2.75, 3.05) is 20.8 Å². The van der Waals surface area contributed by atoms with Crippen molar-refractivity contribution in [3.63, 3.8) is 0 Å². The second kappa shape index (κ2) is 8.71. The molecule has 2 unspecified atom stereocenters. The highest BCUT2D eigenvalue weighted by Gasteiger charge is 2.38. The quantitative estimate of drug-likeness (QED) is 0.558. The summed E-state index contributed by atoms with van der Waals surface area (Å²) in [4.78, 5) is 12.2. The summed E-state index contributed by atoms with van der Waals surface area (Å²) in [5.41, 5.74) is 1.47. The van der Waals surface area contributed by atoms with Crippen molar-refractivity contribution in [3.05, 3.63) is 59.2 Å². The smallest absolute Gasteiger partial charge is 0.341 e. The molecule has 2 atom stereocenters. The van der Waals surface area contributed by atoms with Crippen molar-refractivity contribution in [2.45, 2.75) is 12.8 Å². The number of nitrogens with one attached hydrogen (secondary N) is 1. The van der Waals surface area contributed by atoms with Crippen molar-refractivity contribution < 1.29 is 28.8 Å². The van der Waals surface area contributed by atoms with Crippen LogP contribution < -0.4 is 14.2 Å². The van der Waals surface area contributed by atoms with Crippen LogP contribution in [0.15, 0.2) is 42.5 Å². The lowest BCUT2D eigenvalue weighted by atomic mass is 9.78. The van der Waals surface area contributed by atoms with Crippen LogP contribution in [-0.2, 0) is 4.74 Å². The maximum atomic E-state index is 12.2. The lowest BCUT2D eigenvalue weighted by Gasteiger charge is -2.31. The van der Waals surface area contributed by atoms with Gasteiger partial charge in [0.2, 0.25) is 5.90 Å². The molecule has 1 aliphatic heterocycles. The Balaban J connectivity index is 1.92. The van der Waals surface area contributed by atoms with Crippen LogP contribution in [0.2, 0.25) is 0 Å². The lowest BCUT2D eigenvalue weighted by molar-refractivity contribution is 0.0523. The van der Waals surface area contributed by atoms with Gasteiger partial charge in [-0.1, -0.05) is 18.2 Å². The SMILES string of the molecule is CCOC(=O)c1cc2ccc3c(c2cc1O)OC(=N)C(C#N)C3c1ccc(OC)c(OC)c1. The number of nitriles is 1. The number of phenols is 1. The Morgan fingerprint density at radius 2 is 1.91 bits per heavy atom. The van der Waals surface area contributed by atoms with E-state index in [1.165, 1.54) is 26.4 Å². The number of carbonyl (C=O) groups excluding carboxylic acids is 1. The molecular weight excluding hydrogens is 424 g/mol. The molecule has 0 aliphatic carbocycles. The minimum atomic E-state index is -0.861. The average Bonchev–Trinajstić information content (AvgIpc) is 2.82. The predicted molar refractivity (Wildman–Crippen MR) is 120 cm³/mol. The molecule has 4 rings (SSSR count). The molecular formula is C25H22N2O6. The Morgan fingerprint density at radius 3 is 2.58 bits per heavy atom. The summed E-state index contributed by atoms with van der Waals surface area (Å²) in [6.07, 6.45) is 0. The van der Waals surface area contributed by atoms with E-state index < -0.39 is 17.8 Å². The van der Waals surface area contributed by atoms with Crippen LogP contribution in [0.3, 0.4) is 0 Å². The number of hydrogen-bond acceptors (Lipinski definition) is 8. The summed E-state index contributed by atoms with van der Waals surface area (Å²) in [5.74, 6) is -1.05. The molecule has 33 heavy (non-hydrogen) atoms. The summed E-state index contributed by atoms with van der Waals surface area (Å²) in [5, 5.41) is 29.9. The fraction of sp³-hybridized carbons (Fsp3) is 0.240. The molecule has 0 bridgehead atoms. The maximum Gasteiger partial charge on any atom is 0.341 e. The first-order valence-corrected chi connectivity index (χ1v) is 10.3. The zero-order valence-electron chi connectivity index (χ0n) is 18.3. The molecule has 3 aromatic rings. The number of rotatable bonds is 5. The first kappa shape index (κ1) is 22.0. The number of esters is 1. The Morgan fingerprint density at radius 1 is 1.15 bits per heavy atom. The van der Waals surface area contributed by atoms with E-state index in [9.17, 15) is 15.2 Å². The van der Waals surface area contributed by atoms with E-state index in [4.69, 9.17) is 24.4 Å². The summed E-state index contributed by atoms with van der Waals surface area (Å²) >= 11 is 0. The standard InChI is InChI=1S/C25H22N2O6/c1-4-32-25(29)17-9-13-5-7-15-22(14-6-8-20(30-2)21(10-14)31-3)18(12-26)24(27)33-23(15)16(13)11-19(17)28/h5-11,18,22,27-28H,4H2,1-3H3. The number of hydrogen-bond donors (Lipinski definition) is 2. The monoisotopic (exact) mass is 446 g/mol. The van der Waals surface area contributed by atoms with Crippen LogP contribution in [0, 0.1) is 22.7 Å². The van der Waals surface area contributed by atoms with Crippen LogP contribution in [-0.4, -0.2) is 37.8 Å². The van der Waals surface area contributed by atoms with E-state index in [-0.39, 0.29) is 23.8 Å². The van der Waals surface area contributed by atoms with E-state index in [1.54, 1.807) is 25.1 Å². The van der Waals surface area contributed by atoms with E-state index in [1.807, 2.05) is 12.1 Å². The molecule has 0 saturated carbocycles. The number of methoxy groups -OCH3 is 2. The predicted octanol–water partition coefficient (Wildman–Crippen LogP) is 4.38. The van der Waals surface area contributed by atoms with Gasteiger partial charge in [0.05, 0.1) is 26.9 Å². The largest absolute Gasteiger partial charge is 0.507 e. The van der Waals surface area contributed by atoms with Crippen LogP contribution >= 0.6 is 0 Å². The molecule has 1 heterocycles. The second-order valence-corrected chi connectivity index (χ2v) is 7.46. The van der Waals surface area contributed by atoms with Gasteiger partial charge in [0.25, 0.3) is 0 Å². The molecule has 0 radical (unpaired) electrons. The van der Waals surface area contributed by atoms with E-state index in [0.29, 0.717) is 33.6 Å². The summed E-state index contributed by atoms with van der Waals surface area (Å²) < 4.78 is 21.5. The minimum Gasteiger partial charge on any atom is -0.507 e. The van der Waals surface area contributed by atoms with Crippen molar-refractivity contribution in [1.82, 2.24) is 0 Å². The topological polar surface area (TPSA) is 122 Å². The number of ether oxygens (including phenoxy) is 4. The van der Waals surface area contributed by atoms with E-state index >= 15 is 0 Å². The van der Waals surface area contributed by atoms with E-state index in [0.717, 1.165) is 5.56 Å². The number of aromatic hydroxyl groups is 1. The van der Waals surface area contributed by atoms with Gasteiger partial charge in [-0.2, -0.15) is 5.26 Å². The molecule has 2 N–H and O–H groups in total. The number of fused-ring (bicyclic) bond motifs is 3. The zero-order valence-corrected chi connectivity index (χ0v) is 18.3. The highest BCUT2D eigenvalue weighted by Crippen LogP contribution is 2.47. The van der Waals surface area contributed by atoms with Crippen molar-refractivity contribution in [1.29, 1.82) is 10.7 Å². The van der Waals surface area contributed by atoms with Gasteiger partial charge >= 0.3 is 5.97 Å². The highest BCUT2D eigenvalue weighted by atomic mass is 16.5. The van der Waals surface area contributed by atoms with Crippen LogP contribution in [0.25, 0.3) is 10.8 Å². The Hall–Kier alpha value is -4.25. The molecule has 8 nitrogen and oxygen atoms in total. The van der Waals surface area contributed by atoms with Gasteiger partial charge in [-0.3, -0.25) is 5.41 Å². The lowest BCUT2D eigenvalue weighted by Crippen LogP contribution is -2.31. The third-order valence-electron chi connectivity index (χ3n) is 5.68. The first-order valence-electron chi connectivity index (χ1n) is 10.3. The second-order valence-electron chi connectivity index (χ2n) is 7.46. The first-order chi connectivity index (χ1) is 15.9. The van der Waals surface area contributed by atoms with Gasteiger partial charge < -0.3 is 24.1 Å². The number of carbonyl (C=O) groups is 1. The Labute approximate surface area is 190 Å². The van der Waals surface area contributed by atoms with Gasteiger partial charge in [0, 0.05) is 16.9 Å². The average molecular weight is 446 g/mol. The van der Waals surface area contributed by atoms with Gasteiger partial charge in [-0.05, 0) is 42.1 Å². The molecule has 0 amide bonds. The maximum absolute atomic E-state index is 12.2. The molecule has 0 saturated heterocycles. The molecule has 1 aliphatic rings. The van der Waals surface area contributed by atoms with Gasteiger partial charge in [-0.25, -0.2) is 4.79 Å². The fourth-order valence-corrected chi connectivity index (χ4v) is 4.14. The van der Waals surface area contributed by atoms with Crippen LogP contribution in [0.5, 0.6) is 23.0 Å². The van der Waals surface area contributed by atoms with Crippen molar-refractivity contribution >= 4 is 22.6 Å². The third kappa shape index (κ3) is 3.68. The molecule has 168 valence electrons. The molecule has 8 heteroatoms. The van der Waals surface area contributed by atoms with Gasteiger partial charge in [0.15, 0.2) is 11.5 Å². The third-order valence-corrected chi connectivity index (χ3v) is 5.68. The summed E-state index contributed by atoms with van der Waals surface area (Å²) in [7, 11) is 3.07. The molecule has 0 spiro atoms. The summed E-state index contributed by atoms with van der Waals surface area (Å²) in [6, 6.07) is 14.1. The Kier molecular flexibility index (Phi) is 5.80. The minimum absolute atomic E-state index is 0.0431. The number of nitrogens with zero attached hydrogens (tertiary/aromatic N) is 1. The fourth-order valence-electron chi connectivity index (χ4n) is 4.14. The number of benzene rings is 3. The van der Waals surface area contributed by atoms with E-state index in [2.05, 4.69) is 6.07 Å².